The van der Waals surface area contributed by atoms with Crippen molar-refractivity contribution < 1.29 is 18.3 Å². The van der Waals surface area contributed by atoms with Crippen LogP contribution < -0.4 is 4.74 Å². The maximum absolute atomic E-state index is 10.9. The van der Waals surface area contributed by atoms with Gasteiger partial charge in [0.15, 0.2) is 9.84 Å². The molecule has 0 spiro atoms. The summed E-state index contributed by atoms with van der Waals surface area (Å²) in [6, 6.07) is 6.92. The Balaban J connectivity index is 2.51. The number of benzene rings is 1. The Bertz CT molecular complexity index is 506. The zero-order valence-corrected chi connectivity index (χ0v) is 10.3. The van der Waals surface area contributed by atoms with Crippen molar-refractivity contribution in [2.75, 3.05) is 25.2 Å². The van der Waals surface area contributed by atoms with Gasteiger partial charge in [0.1, 0.15) is 19.0 Å². The quantitative estimate of drug-likeness (QED) is 0.793. The van der Waals surface area contributed by atoms with E-state index < -0.39 is 9.84 Å². The minimum Gasteiger partial charge on any atom is -0.493 e. The minimum atomic E-state index is -2.99. The Morgan fingerprint density at radius 1 is 1.29 bits per heavy atom. The molecule has 1 N–H and O–H groups in total. The van der Waals surface area contributed by atoms with E-state index in [1.54, 1.807) is 24.3 Å². The lowest BCUT2D eigenvalue weighted by atomic mass is 10.2. The average molecular weight is 254 g/mol. The maximum atomic E-state index is 10.9. The largest absolute Gasteiger partial charge is 0.493 e. The van der Waals surface area contributed by atoms with Gasteiger partial charge in [0.05, 0.1) is 5.75 Å². The molecule has 0 saturated carbocycles. The first-order valence-electron chi connectivity index (χ1n) is 5.01. The molecule has 4 nitrogen and oxygen atoms in total. The van der Waals surface area contributed by atoms with Crippen molar-refractivity contribution in [1.29, 1.82) is 0 Å². The molecule has 0 aromatic heterocycles. The zero-order valence-electron chi connectivity index (χ0n) is 9.51. The molecule has 1 aromatic carbocycles. The molecule has 92 valence electrons. The number of rotatable bonds is 4. The number of aliphatic hydroxyl groups is 1. The second-order valence-electron chi connectivity index (χ2n) is 3.46. The molecular weight excluding hydrogens is 240 g/mol. The van der Waals surface area contributed by atoms with Crippen LogP contribution in [0.15, 0.2) is 24.3 Å². The maximum Gasteiger partial charge on any atom is 0.150 e. The average Bonchev–Trinajstić information content (AvgIpc) is 2.26. The van der Waals surface area contributed by atoms with Crippen molar-refractivity contribution >= 4 is 9.84 Å². The van der Waals surface area contributed by atoms with E-state index in [2.05, 4.69) is 11.8 Å². The molecule has 0 aliphatic heterocycles. The second kappa shape index (κ2) is 6.28. The van der Waals surface area contributed by atoms with Crippen molar-refractivity contribution in [1.82, 2.24) is 0 Å². The first-order chi connectivity index (χ1) is 8.01. The third kappa shape index (κ3) is 5.95. The van der Waals surface area contributed by atoms with E-state index >= 15 is 0 Å². The lowest BCUT2D eigenvalue weighted by molar-refractivity contribution is 0.341. The Morgan fingerprint density at radius 3 is 2.47 bits per heavy atom. The van der Waals surface area contributed by atoms with Crippen LogP contribution in [0.4, 0.5) is 0 Å². The molecule has 0 atom stereocenters. The molecule has 1 rings (SSSR count). The summed E-state index contributed by atoms with van der Waals surface area (Å²) in [5.74, 6) is 5.88. The summed E-state index contributed by atoms with van der Waals surface area (Å²) < 4.78 is 27.0. The molecule has 0 aliphatic rings. The van der Waals surface area contributed by atoms with Gasteiger partial charge < -0.3 is 9.84 Å². The van der Waals surface area contributed by atoms with Crippen molar-refractivity contribution in [2.24, 2.45) is 0 Å². The van der Waals surface area contributed by atoms with Crippen LogP contribution in [-0.2, 0) is 9.84 Å². The fourth-order valence-corrected chi connectivity index (χ4v) is 1.47. The number of aliphatic hydroxyl groups excluding tert-OH is 1. The highest BCUT2D eigenvalue weighted by Gasteiger charge is 2.02. The second-order valence-corrected chi connectivity index (χ2v) is 5.72. The van der Waals surface area contributed by atoms with Gasteiger partial charge in [0, 0.05) is 11.8 Å². The molecule has 0 saturated heterocycles. The lowest BCUT2D eigenvalue weighted by Gasteiger charge is -2.04. The fourth-order valence-electron chi connectivity index (χ4n) is 1.09. The minimum absolute atomic E-state index is 0.000923. The van der Waals surface area contributed by atoms with Crippen molar-refractivity contribution in [2.45, 2.75) is 0 Å². The van der Waals surface area contributed by atoms with E-state index in [1.807, 2.05) is 0 Å². The van der Waals surface area contributed by atoms with Crippen LogP contribution in [0.3, 0.4) is 0 Å². The molecular formula is C12H14O4S. The van der Waals surface area contributed by atoms with Gasteiger partial charge in [-0.3, -0.25) is 0 Å². The molecule has 1 aromatic rings. The Labute approximate surface area is 101 Å². The van der Waals surface area contributed by atoms with E-state index in [0.717, 1.165) is 5.56 Å². The summed E-state index contributed by atoms with van der Waals surface area (Å²) in [5, 5.41) is 8.52. The van der Waals surface area contributed by atoms with Gasteiger partial charge in [-0.05, 0) is 24.3 Å². The summed E-state index contributed by atoms with van der Waals surface area (Å²) in [6.45, 7) is -0.0346. The summed E-state index contributed by atoms with van der Waals surface area (Å²) in [4.78, 5) is 0. The van der Waals surface area contributed by atoms with Crippen molar-refractivity contribution in [3.05, 3.63) is 29.8 Å². The number of hydrogen-bond donors (Lipinski definition) is 1. The third-order valence-electron chi connectivity index (χ3n) is 1.89. The highest BCUT2D eigenvalue weighted by atomic mass is 32.2. The molecule has 0 bridgehead atoms. The highest BCUT2D eigenvalue weighted by Crippen LogP contribution is 2.11. The third-order valence-corrected chi connectivity index (χ3v) is 2.80. The molecule has 0 heterocycles. The van der Waals surface area contributed by atoms with Crippen LogP contribution in [0.5, 0.6) is 5.75 Å². The Morgan fingerprint density at radius 2 is 1.94 bits per heavy atom. The van der Waals surface area contributed by atoms with Gasteiger partial charge in [-0.1, -0.05) is 11.8 Å². The standard InChI is InChI=1S/C12H14O4S/c1-17(14,15)10-9-16-12-6-4-11(5-7-12)3-2-8-13/h4-7,13H,8-10H2,1H3. The number of sulfone groups is 1. The molecule has 0 aliphatic carbocycles. The van der Waals surface area contributed by atoms with E-state index in [1.165, 1.54) is 6.26 Å². The number of hydrogen-bond acceptors (Lipinski definition) is 4. The zero-order chi connectivity index (χ0) is 12.7. The monoisotopic (exact) mass is 254 g/mol. The van der Waals surface area contributed by atoms with Gasteiger partial charge in [0.25, 0.3) is 0 Å². The van der Waals surface area contributed by atoms with E-state index in [9.17, 15) is 8.42 Å². The molecule has 0 fully saturated rings. The molecule has 17 heavy (non-hydrogen) atoms. The first kappa shape index (κ1) is 13.6. The van der Waals surface area contributed by atoms with E-state index in [-0.39, 0.29) is 19.0 Å². The highest BCUT2D eigenvalue weighted by molar-refractivity contribution is 7.90. The smallest absolute Gasteiger partial charge is 0.150 e. The SMILES string of the molecule is CS(=O)(=O)CCOc1ccc(C#CCO)cc1. The van der Waals surface area contributed by atoms with Crippen LogP contribution in [-0.4, -0.2) is 38.7 Å². The molecule has 5 heteroatoms. The predicted octanol–water partition coefficient (Wildman–Crippen LogP) is 0.454. The van der Waals surface area contributed by atoms with Gasteiger partial charge in [-0.2, -0.15) is 0 Å². The van der Waals surface area contributed by atoms with Crippen molar-refractivity contribution in [3.8, 4) is 17.6 Å². The molecule has 0 radical (unpaired) electrons. The Kier molecular flexibility index (Phi) is 5.01. The van der Waals surface area contributed by atoms with Gasteiger partial charge in [0.2, 0.25) is 0 Å². The predicted molar refractivity (Wildman–Crippen MR) is 65.6 cm³/mol. The topological polar surface area (TPSA) is 63.6 Å². The molecule has 0 unspecified atom stereocenters. The van der Waals surface area contributed by atoms with Crippen LogP contribution >= 0.6 is 0 Å². The number of ether oxygens (including phenoxy) is 1. The summed E-state index contributed by atoms with van der Waals surface area (Å²) in [5.41, 5.74) is 0.773. The molecule has 0 amide bonds. The van der Waals surface area contributed by atoms with Crippen LogP contribution in [0, 0.1) is 11.8 Å². The van der Waals surface area contributed by atoms with Gasteiger partial charge in [-0.15, -0.1) is 0 Å². The van der Waals surface area contributed by atoms with E-state index in [4.69, 9.17) is 9.84 Å². The first-order valence-corrected chi connectivity index (χ1v) is 7.07. The van der Waals surface area contributed by atoms with Crippen LogP contribution in [0.2, 0.25) is 0 Å². The fraction of sp³-hybridized carbons (Fsp3) is 0.333. The van der Waals surface area contributed by atoms with Crippen molar-refractivity contribution in [3.63, 3.8) is 0 Å². The normalized spacial score (nSPS) is 10.5. The Hall–Kier alpha value is -1.51. The van der Waals surface area contributed by atoms with E-state index in [0.29, 0.717) is 5.75 Å². The lowest BCUT2D eigenvalue weighted by Crippen LogP contribution is -2.11. The van der Waals surface area contributed by atoms with Crippen LogP contribution in [0.1, 0.15) is 5.56 Å². The summed E-state index contributed by atoms with van der Waals surface area (Å²) in [7, 11) is -2.99. The van der Waals surface area contributed by atoms with Gasteiger partial charge in [-0.25, -0.2) is 8.42 Å². The van der Waals surface area contributed by atoms with Crippen LogP contribution in [0.25, 0.3) is 0 Å². The van der Waals surface area contributed by atoms with Gasteiger partial charge >= 0.3 is 0 Å². The summed E-state index contributed by atoms with van der Waals surface area (Å²) in [6.07, 6.45) is 1.17. The summed E-state index contributed by atoms with van der Waals surface area (Å²) >= 11 is 0.